The highest BCUT2D eigenvalue weighted by molar-refractivity contribution is 7.86. The first kappa shape index (κ1) is 28.1. The Kier molecular flexibility index (Phi) is 6.91. The number of fused-ring (bicyclic) bond motifs is 2. The van der Waals surface area contributed by atoms with Crippen molar-refractivity contribution in [2.75, 3.05) is 27.2 Å². The zero-order valence-corrected chi connectivity index (χ0v) is 24.6. The summed E-state index contributed by atoms with van der Waals surface area (Å²) in [6.07, 6.45) is 8.57. The third-order valence-electron chi connectivity index (χ3n) is 8.12. The van der Waals surface area contributed by atoms with E-state index in [1.807, 2.05) is 32.1 Å². The summed E-state index contributed by atoms with van der Waals surface area (Å²) >= 11 is 0. The van der Waals surface area contributed by atoms with Crippen molar-refractivity contribution in [3.8, 4) is 22.4 Å². The number of allylic oxidation sites excluding steroid dienone is 1. The number of carboxylic acid groups (broad SMARTS) is 1. The van der Waals surface area contributed by atoms with E-state index in [-0.39, 0.29) is 18.2 Å². The van der Waals surface area contributed by atoms with E-state index >= 15 is 0 Å². The highest BCUT2D eigenvalue weighted by Gasteiger charge is 2.31. The van der Waals surface area contributed by atoms with Gasteiger partial charge in [0.2, 0.25) is 0 Å². The molecule has 4 aromatic rings. The normalized spacial score (nSPS) is 15.9. The van der Waals surface area contributed by atoms with E-state index in [4.69, 9.17) is 0 Å². The van der Waals surface area contributed by atoms with Crippen LogP contribution >= 0.6 is 0 Å². The third kappa shape index (κ3) is 4.57. The van der Waals surface area contributed by atoms with Gasteiger partial charge >= 0.3 is 5.97 Å². The topological polar surface area (TPSA) is 122 Å². The minimum Gasteiger partial charge on any atom is -0.477 e. The maximum absolute atomic E-state index is 14.7. The molecule has 1 aliphatic carbocycles. The molecule has 3 N–H and O–H groups in total. The van der Waals surface area contributed by atoms with E-state index in [1.165, 1.54) is 34.8 Å². The monoisotopic (exact) mass is 589 g/mol. The number of H-pyrrole nitrogens is 2. The highest BCUT2D eigenvalue weighted by Crippen LogP contribution is 2.45. The van der Waals surface area contributed by atoms with E-state index in [2.05, 4.69) is 21.0 Å². The van der Waals surface area contributed by atoms with Crippen molar-refractivity contribution in [1.82, 2.24) is 23.6 Å². The molecular weight excluding hydrogens is 557 g/mol. The Labute approximate surface area is 243 Å². The van der Waals surface area contributed by atoms with E-state index in [9.17, 15) is 22.7 Å². The fourth-order valence-electron chi connectivity index (χ4n) is 6.11. The van der Waals surface area contributed by atoms with Gasteiger partial charge in [-0.1, -0.05) is 19.9 Å². The highest BCUT2D eigenvalue weighted by atomic mass is 32.2. The number of nitrogens with zero attached hydrogens (tertiary/aromatic N) is 3. The van der Waals surface area contributed by atoms with Gasteiger partial charge in [0.15, 0.2) is 0 Å². The van der Waals surface area contributed by atoms with Crippen molar-refractivity contribution in [3.63, 3.8) is 0 Å². The number of carbonyl (C=O) groups is 1. The molecule has 42 heavy (non-hydrogen) atoms. The van der Waals surface area contributed by atoms with Gasteiger partial charge in [-0.3, -0.25) is 4.98 Å². The van der Waals surface area contributed by atoms with Crippen LogP contribution in [0.15, 0.2) is 53.9 Å². The van der Waals surface area contributed by atoms with Gasteiger partial charge in [-0.2, -0.15) is 17.0 Å². The quantitative estimate of drug-likeness (QED) is 0.260. The van der Waals surface area contributed by atoms with Gasteiger partial charge < -0.3 is 15.1 Å². The number of aromatic amines is 2. The molecule has 0 radical (unpaired) electrons. The second-order valence-corrected chi connectivity index (χ2v) is 13.4. The lowest BCUT2D eigenvalue weighted by Gasteiger charge is -2.28. The summed E-state index contributed by atoms with van der Waals surface area (Å²) < 4.78 is 42.5. The standard InChI is InChI=1S/C31H32FN5O4S/c1-17(2)27-28(30(31(38)39)35-29(27)24-15-20(32)16-26-21(24)5-9-34-26)22-6-10-33-25-14-19(13-23(22)25)18-7-11-37(12-8-18)42(40,41)36(3)4/h5-7,9-10,13,15-17,34-35H,8,11-12,14H2,1-4H3,(H,38,39). The maximum atomic E-state index is 14.7. The summed E-state index contributed by atoms with van der Waals surface area (Å²) in [6, 6.07) is 6.55. The predicted octanol–water partition coefficient (Wildman–Crippen LogP) is 5.56. The number of benzene rings is 1. The third-order valence-corrected chi connectivity index (χ3v) is 10.0. The number of hydrogen-bond acceptors (Lipinski definition) is 4. The molecule has 11 heteroatoms. The molecule has 0 atom stereocenters. The largest absolute Gasteiger partial charge is 0.477 e. The van der Waals surface area contributed by atoms with Crippen molar-refractivity contribution >= 4 is 33.2 Å². The first-order chi connectivity index (χ1) is 20.0. The van der Waals surface area contributed by atoms with Crippen LogP contribution in [-0.4, -0.2) is 70.2 Å². The average Bonchev–Trinajstić information content (AvgIpc) is 3.69. The Morgan fingerprint density at radius 2 is 1.95 bits per heavy atom. The summed E-state index contributed by atoms with van der Waals surface area (Å²) in [7, 11) is -0.449. The average molecular weight is 590 g/mol. The number of carboxylic acids is 1. The Hall–Kier alpha value is -4.06. The molecule has 0 bridgehead atoms. The Morgan fingerprint density at radius 3 is 2.62 bits per heavy atom. The number of halogens is 1. The molecule has 6 rings (SSSR count). The van der Waals surface area contributed by atoms with Gasteiger partial charge in [0, 0.05) is 73.6 Å². The smallest absolute Gasteiger partial charge is 0.352 e. The number of aromatic carboxylic acids is 1. The van der Waals surface area contributed by atoms with Crippen molar-refractivity contribution in [1.29, 1.82) is 0 Å². The van der Waals surface area contributed by atoms with Gasteiger partial charge in [-0.05, 0) is 65.0 Å². The summed E-state index contributed by atoms with van der Waals surface area (Å²) in [4.78, 5) is 23.5. The zero-order chi connectivity index (χ0) is 29.9. The van der Waals surface area contributed by atoms with E-state index in [0.717, 1.165) is 38.9 Å². The molecule has 1 aliphatic heterocycles. The van der Waals surface area contributed by atoms with Crippen LogP contribution in [0.1, 0.15) is 53.5 Å². The van der Waals surface area contributed by atoms with Crippen LogP contribution in [0.3, 0.4) is 0 Å². The fourth-order valence-corrected chi connectivity index (χ4v) is 7.16. The van der Waals surface area contributed by atoms with E-state index in [1.54, 1.807) is 12.4 Å². The molecule has 0 amide bonds. The summed E-state index contributed by atoms with van der Waals surface area (Å²) in [5.74, 6) is -1.61. The maximum Gasteiger partial charge on any atom is 0.352 e. The molecular formula is C31H32FN5O4S. The van der Waals surface area contributed by atoms with Gasteiger partial charge in [0.25, 0.3) is 10.2 Å². The molecule has 9 nitrogen and oxygen atoms in total. The second-order valence-electron chi connectivity index (χ2n) is 11.2. The molecule has 0 fully saturated rings. The molecule has 3 aromatic heterocycles. The van der Waals surface area contributed by atoms with Crippen LogP contribution in [0, 0.1) is 5.82 Å². The van der Waals surface area contributed by atoms with Crippen molar-refractivity contribution < 1.29 is 22.7 Å². The SMILES string of the molecule is CC(C)c1c(-c2cc(F)cc3[nH]ccc23)[nH]c(C(=O)O)c1-c1ccnc2c1C=C(C1=CCN(S(=O)(=O)N(C)C)CC1)C2. The van der Waals surface area contributed by atoms with Gasteiger partial charge in [-0.15, -0.1) is 0 Å². The Morgan fingerprint density at radius 1 is 1.17 bits per heavy atom. The van der Waals surface area contributed by atoms with Gasteiger partial charge in [0.1, 0.15) is 11.5 Å². The fraction of sp³-hybridized carbons (Fsp3) is 0.290. The van der Waals surface area contributed by atoms with Crippen molar-refractivity contribution in [2.45, 2.75) is 32.6 Å². The van der Waals surface area contributed by atoms with Crippen LogP contribution in [-0.2, 0) is 16.6 Å². The van der Waals surface area contributed by atoms with E-state index < -0.39 is 22.0 Å². The molecule has 0 saturated heterocycles. The first-order valence-corrected chi connectivity index (χ1v) is 15.2. The molecule has 0 spiro atoms. The van der Waals surface area contributed by atoms with Gasteiger partial charge in [0.05, 0.1) is 11.4 Å². The number of rotatable bonds is 7. The van der Waals surface area contributed by atoms with Crippen molar-refractivity contribution in [2.24, 2.45) is 0 Å². The number of hydrogen-bond donors (Lipinski definition) is 3. The number of aromatic nitrogens is 3. The summed E-state index contributed by atoms with van der Waals surface area (Å²) in [6.45, 7) is 4.66. The molecule has 0 saturated carbocycles. The number of pyridine rings is 1. The molecule has 0 unspecified atom stereocenters. The minimum absolute atomic E-state index is 0.0401. The summed E-state index contributed by atoms with van der Waals surface area (Å²) in [5.41, 5.74) is 7.73. The van der Waals surface area contributed by atoms with Crippen LogP contribution in [0.4, 0.5) is 4.39 Å². The Balaban J connectivity index is 1.48. The van der Waals surface area contributed by atoms with E-state index in [0.29, 0.717) is 41.7 Å². The lowest BCUT2D eigenvalue weighted by molar-refractivity contribution is 0.0692. The minimum atomic E-state index is -3.50. The summed E-state index contributed by atoms with van der Waals surface area (Å²) in [5, 5.41) is 11.1. The first-order valence-electron chi connectivity index (χ1n) is 13.8. The lowest BCUT2D eigenvalue weighted by Crippen LogP contribution is -2.42. The van der Waals surface area contributed by atoms with Crippen LogP contribution in [0.25, 0.3) is 39.4 Å². The molecule has 2 aliphatic rings. The predicted molar refractivity (Wildman–Crippen MR) is 161 cm³/mol. The lowest BCUT2D eigenvalue weighted by atomic mass is 9.88. The molecule has 4 heterocycles. The second kappa shape index (κ2) is 10.3. The Bertz CT molecular complexity index is 1920. The van der Waals surface area contributed by atoms with Gasteiger partial charge in [-0.25, -0.2) is 9.18 Å². The van der Waals surface area contributed by atoms with Crippen LogP contribution < -0.4 is 0 Å². The van der Waals surface area contributed by atoms with Crippen molar-refractivity contribution in [3.05, 3.63) is 82.2 Å². The van der Waals surface area contributed by atoms with Crippen LogP contribution in [0.5, 0.6) is 0 Å². The van der Waals surface area contributed by atoms with Crippen LogP contribution in [0.2, 0.25) is 0 Å². The number of nitrogens with one attached hydrogen (secondary N) is 2. The molecule has 218 valence electrons. The zero-order valence-electron chi connectivity index (χ0n) is 23.8. The molecule has 1 aromatic carbocycles.